The van der Waals surface area contributed by atoms with Crippen LogP contribution < -0.4 is 11.5 Å². The first-order valence-corrected chi connectivity index (χ1v) is 6.53. The monoisotopic (exact) mass is 320 g/mol. The zero-order valence-corrected chi connectivity index (χ0v) is 12.2. The first-order chi connectivity index (χ1) is 10.1. The number of nitrogens with two attached hydrogens (primary N) is 2. The van der Waals surface area contributed by atoms with Crippen molar-refractivity contribution in [3.63, 3.8) is 0 Å². The maximum absolute atomic E-state index is 11.5. The maximum atomic E-state index is 11.5. The largest absolute Gasteiger partial charge is 0.478 e. The normalized spacial score (nSPS) is 16.0. The van der Waals surface area contributed by atoms with Gasteiger partial charge in [-0.05, 0) is 12.8 Å². The molecule has 0 aromatic rings. The molecule has 126 valence electrons. The molecule has 0 spiro atoms. The van der Waals surface area contributed by atoms with Crippen LogP contribution in [-0.2, 0) is 28.7 Å². The van der Waals surface area contributed by atoms with Crippen molar-refractivity contribution in [1.82, 2.24) is 0 Å². The van der Waals surface area contributed by atoms with E-state index in [1.54, 1.807) is 13.8 Å². The average molecular weight is 320 g/mol. The SMILES string of the molecule is CCC(N)C(=O)OC(C(=O)O)C(OC(=O)C(N)CC)C(=O)O. The highest BCUT2D eigenvalue weighted by Crippen LogP contribution is 2.10. The molecule has 4 atom stereocenters. The molecule has 0 heterocycles. The van der Waals surface area contributed by atoms with Gasteiger partial charge >= 0.3 is 23.9 Å². The van der Waals surface area contributed by atoms with Crippen LogP contribution in [-0.4, -0.2) is 58.4 Å². The van der Waals surface area contributed by atoms with Crippen LogP contribution >= 0.6 is 0 Å². The number of carbonyl (C=O) groups is 4. The summed E-state index contributed by atoms with van der Waals surface area (Å²) in [5, 5.41) is 18.0. The third-order valence-electron chi connectivity index (χ3n) is 2.73. The zero-order valence-electron chi connectivity index (χ0n) is 12.2. The number of carboxylic acid groups (broad SMARTS) is 2. The highest BCUT2D eigenvalue weighted by Gasteiger charge is 2.41. The summed E-state index contributed by atoms with van der Waals surface area (Å²) in [5.41, 5.74) is 10.7. The van der Waals surface area contributed by atoms with Crippen LogP contribution in [0.1, 0.15) is 26.7 Å². The van der Waals surface area contributed by atoms with Gasteiger partial charge in [-0.1, -0.05) is 13.8 Å². The van der Waals surface area contributed by atoms with Crippen LogP contribution in [0.5, 0.6) is 0 Å². The molecular formula is C12H20N2O8. The molecule has 0 aromatic carbocycles. The third-order valence-corrected chi connectivity index (χ3v) is 2.73. The number of aliphatic carboxylic acids is 2. The molecule has 0 rings (SSSR count). The van der Waals surface area contributed by atoms with E-state index < -0.39 is 48.2 Å². The van der Waals surface area contributed by atoms with E-state index in [-0.39, 0.29) is 12.8 Å². The van der Waals surface area contributed by atoms with E-state index in [9.17, 15) is 19.2 Å². The molecule has 0 aliphatic rings. The fraction of sp³-hybridized carbons (Fsp3) is 0.667. The molecule has 0 amide bonds. The smallest absolute Gasteiger partial charge is 0.349 e. The highest BCUT2D eigenvalue weighted by molar-refractivity contribution is 5.89. The minimum absolute atomic E-state index is 0.156. The number of esters is 2. The fourth-order valence-corrected chi connectivity index (χ4v) is 1.24. The topological polar surface area (TPSA) is 179 Å². The Hall–Kier alpha value is -2.20. The van der Waals surface area contributed by atoms with Gasteiger partial charge in [0.1, 0.15) is 12.1 Å². The van der Waals surface area contributed by atoms with E-state index in [4.69, 9.17) is 21.7 Å². The van der Waals surface area contributed by atoms with Gasteiger partial charge in [0.2, 0.25) is 12.2 Å². The second-order valence-corrected chi connectivity index (χ2v) is 4.42. The molecule has 0 bridgehead atoms. The number of carboxylic acids is 2. The number of hydrogen-bond donors (Lipinski definition) is 4. The summed E-state index contributed by atoms with van der Waals surface area (Å²) in [6, 6.07) is -2.24. The lowest BCUT2D eigenvalue weighted by Crippen LogP contribution is -2.49. The van der Waals surface area contributed by atoms with Crippen molar-refractivity contribution >= 4 is 23.9 Å². The van der Waals surface area contributed by atoms with Gasteiger partial charge < -0.3 is 31.2 Å². The predicted molar refractivity (Wildman–Crippen MR) is 71.6 cm³/mol. The van der Waals surface area contributed by atoms with E-state index in [0.29, 0.717) is 0 Å². The molecule has 4 unspecified atom stereocenters. The van der Waals surface area contributed by atoms with E-state index in [2.05, 4.69) is 9.47 Å². The molecular weight excluding hydrogens is 300 g/mol. The molecule has 0 saturated carbocycles. The van der Waals surface area contributed by atoms with Gasteiger partial charge in [0.15, 0.2) is 0 Å². The van der Waals surface area contributed by atoms with Gasteiger partial charge in [-0.2, -0.15) is 0 Å². The molecule has 10 nitrogen and oxygen atoms in total. The fourth-order valence-electron chi connectivity index (χ4n) is 1.24. The van der Waals surface area contributed by atoms with E-state index >= 15 is 0 Å². The van der Waals surface area contributed by atoms with Gasteiger partial charge in [0.25, 0.3) is 0 Å². The summed E-state index contributed by atoms with van der Waals surface area (Å²) in [4.78, 5) is 45.3. The molecule has 0 radical (unpaired) electrons. The molecule has 0 aliphatic carbocycles. The molecule has 0 saturated heterocycles. The standard InChI is InChI=1S/C12H20N2O8/c1-3-5(13)11(19)21-7(9(15)16)8(10(17)18)22-12(20)6(14)4-2/h5-8H,3-4,13-14H2,1-2H3,(H,15,16)(H,17,18). The maximum Gasteiger partial charge on any atom is 0.349 e. The summed E-state index contributed by atoms with van der Waals surface area (Å²) < 4.78 is 9.08. The van der Waals surface area contributed by atoms with Crippen molar-refractivity contribution in [3.05, 3.63) is 0 Å². The van der Waals surface area contributed by atoms with E-state index in [1.807, 2.05) is 0 Å². The Morgan fingerprint density at radius 2 is 1.09 bits per heavy atom. The van der Waals surface area contributed by atoms with Crippen LogP contribution in [0.3, 0.4) is 0 Å². The Bertz CT molecular complexity index is 399. The number of ether oxygens (including phenoxy) is 2. The summed E-state index contributed by atoms with van der Waals surface area (Å²) >= 11 is 0. The van der Waals surface area contributed by atoms with Crippen LogP contribution in [0, 0.1) is 0 Å². The summed E-state index contributed by atoms with van der Waals surface area (Å²) in [6.07, 6.45) is -4.14. The molecule has 0 fully saturated rings. The van der Waals surface area contributed by atoms with Gasteiger partial charge in [0.05, 0.1) is 0 Å². The number of rotatable bonds is 9. The van der Waals surface area contributed by atoms with Crippen molar-refractivity contribution in [2.75, 3.05) is 0 Å². The molecule has 10 heteroatoms. The number of carbonyl (C=O) groups excluding carboxylic acids is 2. The van der Waals surface area contributed by atoms with Gasteiger partial charge in [-0.3, -0.25) is 9.59 Å². The second-order valence-electron chi connectivity index (χ2n) is 4.42. The zero-order chi connectivity index (χ0) is 17.4. The van der Waals surface area contributed by atoms with Crippen molar-refractivity contribution < 1.29 is 38.9 Å². The first-order valence-electron chi connectivity index (χ1n) is 6.53. The minimum atomic E-state index is -2.23. The third kappa shape index (κ3) is 5.66. The minimum Gasteiger partial charge on any atom is -0.478 e. The molecule has 22 heavy (non-hydrogen) atoms. The Morgan fingerprint density at radius 1 is 0.818 bits per heavy atom. The van der Waals surface area contributed by atoms with Gasteiger partial charge in [-0.25, -0.2) is 9.59 Å². The summed E-state index contributed by atoms with van der Waals surface area (Å²) in [7, 11) is 0. The molecule has 0 aromatic heterocycles. The quantitative estimate of drug-likeness (QED) is 0.363. The predicted octanol–water partition coefficient (Wildman–Crippen LogP) is -1.55. The van der Waals surface area contributed by atoms with Crippen molar-refractivity contribution in [1.29, 1.82) is 0 Å². The lowest BCUT2D eigenvalue weighted by Gasteiger charge is -2.23. The van der Waals surface area contributed by atoms with Crippen LogP contribution in [0.4, 0.5) is 0 Å². The lowest BCUT2D eigenvalue weighted by atomic mass is 10.1. The van der Waals surface area contributed by atoms with Crippen LogP contribution in [0.2, 0.25) is 0 Å². The Balaban J connectivity index is 5.20. The molecule has 0 aliphatic heterocycles. The van der Waals surface area contributed by atoms with Crippen molar-refractivity contribution in [2.24, 2.45) is 11.5 Å². The van der Waals surface area contributed by atoms with Crippen LogP contribution in [0.15, 0.2) is 0 Å². The number of hydrogen-bond acceptors (Lipinski definition) is 8. The van der Waals surface area contributed by atoms with Crippen molar-refractivity contribution in [3.8, 4) is 0 Å². The van der Waals surface area contributed by atoms with Crippen molar-refractivity contribution in [2.45, 2.75) is 51.0 Å². The molecule has 6 N–H and O–H groups in total. The summed E-state index contributed by atoms with van der Waals surface area (Å²) in [5.74, 6) is -5.81. The van der Waals surface area contributed by atoms with E-state index in [0.717, 1.165) is 0 Å². The Morgan fingerprint density at radius 3 is 1.27 bits per heavy atom. The first kappa shape index (κ1) is 19.8. The average Bonchev–Trinajstić information content (AvgIpc) is 2.47. The lowest BCUT2D eigenvalue weighted by molar-refractivity contribution is -0.188. The van der Waals surface area contributed by atoms with E-state index in [1.165, 1.54) is 0 Å². The summed E-state index contributed by atoms with van der Waals surface area (Å²) in [6.45, 7) is 3.10. The van der Waals surface area contributed by atoms with Gasteiger partial charge in [-0.15, -0.1) is 0 Å². The highest BCUT2D eigenvalue weighted by atomic mass is 16.6. The van der Waals surface area contributed by atoms with Crippen LogP contribution in [0.25, 0.3) is 0 Å². The Labute approximate surface area is 126 Å². The Kier molecular flexibility index (Phi) is 8.05. The second kappa shape index (κ2) is 8.95. The van der Waals surface area contributed by atoms with Gasteiger partial charge in [0, 0.05) is 0 Å².